The fourth-order valence-electron chi connectivity index (χ4n) is 2.16. The van der Waals surface area contributed by atoms with Gasteiger partial charge in [-0.15, -0.1) is 0 Å². The number of hydrogen-bond acceptors (Lipinski definition) is 6. The second-order valence-electron chi connectivity index (χ2n) is 5.37. The maximum Gasteiger partial charge on any atom is 0.250 e. The van der Waals surface area contributed by atoms with E-state index in [1.165, 1.54) is 0 Å². The molecule has 0 saturated heterocycles. The van der Waals surface area contributed by atoms with E-state index in [9.17, 15) is 18.3 Å². The van der Waals surface area contributed by atoms with E-state index in [0.717, 1.165) is 11.8 Å². The van der Waals surface area contributed by atoms with Crippen molar-refractivity contribution in [2.75, 3.05) is 19.4 Å². The quantitative estimate of drug-likeness (QED) is 0.330. The number of fused-ring (bicyclic) bond motifs is 1. The van der Waals surface area contributed by atoms with Crippen molar-refractivity contribution in [2.24, 2.45) is 0 Å². The Hall–Kier alpha value is -0.970. The number of nitrogens with zero attached hydrogens (tertiary/aromatic N) is 2. The van der Waals surface area contributed by atoms with Crippen molar-refractivity contribution in [1.82, 2.24) is 15.3 Å². The molecule has 2 aromatic rings. The number of nitrogens with one attached hydrogen (secondary N) is 1. The van der Waals surface area contributed by atoms with Gasteiger partial charge in [0.1, 0.15) is 15.9 Å². The Labute approximate surface area is 165 Å². The number of hydrogen-bond donors (Lipinski definition) is 2. The SMILES string of the molecule is CSc1nc(O)c2c(OCCC(C)NCC(F)F)c(Cl)c(Br)c(F)c2n1. The third-order valence-corrected chi connectivity index (χ3v) is 5.37. The zero-order valence-corrected chi connectivity index (χ0v) is 17.0. The average Bonchev–Trinajstić information content (AvgIpc) is 2.60. The summed E-state index contributed by atoms with van der Waals surface area (Å²) >= 11 is 10.3. The molecule has 0 saturated carbocycles. The molecule has 0 aliphatic rings. The number of aromatic hydroxyl groups is 1. The van der Waals surface area contributed by atoms with E-state index >= 15 is 0 Å². The molecule has 2 N–H and O–H groups in total. The zero-order chi connectivity index (χ0) is 19.4. The summed E-state index contributed by atoms with van der Waals surface area (Å²) in [5, 5.41) is 12.9. The summed E-state index contributed by atoms with van der Waals surface area (Å²) in [6, 6.07) is -0.231. The Morgan fingerprint density at radius 1 is 1.38 bits per heavy atom. The fraction of sp³-hybridized carbons (Fsp3) is 0.467. The van der Waals surface area contributed by atoms with Gasteiger partial charge in [-0.05, 0) is 35.5 Å². The summed E-state index contributed by atoms with van der Waals surface area (Å²) in [6.07, 6.45) is -0.358. The number of aromatic nitrogens is 2. The second-order valence-corrected chi connectivity index (χ2v) is 7.31. The van der Waals surface area contributed by atoms with Crippen LogP contribution in [0.25, 0.3) is 10.9 Å². The van der Waals surface area contributed by atoms with Crippen molar-refractivity contribution in [2.45, 2.75) is 31.0 Å². The number of ether oxygens (including phenoxy) is 1. The van der Waals surface area contributed by atoms with Crippen molar-refractivity contribution in [1.29, 1.82) is 0 Å². The van der Waals surface area contributed by atoms with Gasteiger partial charge in [0.2, 0.25) is 5.88 Å². The Bertz CT molecular complexity index is 801. The Kier molecular flexibility index (Phi) is 7.63. The van der Waals surface area contributed by atoms with Crippen LogP contribution in [0.1, 0.15) is 13.3 Å². The number of halogens is 5. The van der Waals surface area contributed by atoms with Crippen LogP contribution < -0.4 is 10.1 Å². The van der Waals surface area contributed by atoms with Gasteiger partial charge in [-0.3, -0.25) is 0 Å². The molecule has 0 amide bonds. The monoisotopic (exact) mass is 473 g/mol. The van der Waals surface area contributed by atoms with Gasteiger partial charge >= 0.3 is 0 Å². The summed E-state index contributed by atoms with van der Waals surface area (Å²) in [6.45, 7) is 1.42. The van der Waals surface area contributed by atoms with E-state index in [2.05, 4.69) is 31.2 Å². The number of alkyl halides is 2. The molecule has 0 spiro atoms. The highest BCUT2D eigenvalue weighted by molar-refractivity contribution is 9.10. The van der Waals surface area contributed by atoms with Gasteiger partial charge in [-0.1, -0.05) is 23.4 Å². The van der Waals surface area contributed by atoms with Crippen molar-refractivity contribution in [3.8, 4) is 11.6 Å². The van der Waals surface area contributed by atoms with Crippen molar-refractivity contribution < 1.29 is 23.0 Å². The molecule has 1 atom stereocenters. The molecule has 1 heterocycles. The number of thioether (sulfide) groups is 1. The van der Waals surface area contributed by atoms with Crippen molar-refractivity contribution in [3.05, 3.63) is 15.3 Å². The first-order valence-corrected chi connectivity index (χ1v) is 9.91. The van der Waals surface area contributed by atoms with E-state index < -0.39 is 24.7 Å². The second kappa shape index (κ2) is 9.29. The molecule has 0 aliphatic heterocycles. The number of rotatable bonds is 8. The summed E-state index contributed by atoms with van der Waals surface area (Å²) in [7, 11) is 0. The van der Waals surface area contributed by atoms with Crippen molar-refractivity contribution in [3.63, 3.8) is 0 Å². The first-order valence-electron chi connectivity index (χ1n) is 7.51. The van der Waals surface area contributed by atoms with E-state index in [1.807, 2.05) is 0 Å². The van der Waals surface area contributed by atoms with Crippen LogP contribution >= 0.6 is 39.3 Å². The Morgan fingerprint density at radius 2 is 2.08 bits per heavy atom. The smallest absolute Gasteiger partial charge is 0.250 e. The van der Waals surface area contributed by atoms with Crippen LogP contribution in [0.3, 0.4) is 0 Å². The van der Waals surface area contributed by atoms with Crippen LogP contribution in [0.4, 0.5) is 13.2 Å². The molecule has 11 heteroatoms. The van der Waals surface area contributed by atoms with Crippen LogP contribution in [0.2, 0.25) is 5.02 Å². The van der Waals surface area contributed by atoms with Crippen LogP contribution in [0, 0.1) is 5.82 Å². The zero-order valence-electron chi connectivity index (χ0n) is 13.8. The van der Waals surface area contributed by atoms with Gasteiger partial charge in [0.25, 0.3) is 6.43 Å². The molecular weight excluding hydrogens is 459 g/mol. The normalized spacial score (nSPS) is 12.8. The van der Waals surface area contributed by atoms with Gasteiger partial charge in [0, 0.05) is 6.04 Å². The van der Waals surface area contributed by atoms with Gasteiger partial charge in [0.05, 0.1) is 17.6 Å². The van der Waals surface area contributed by atoms with Gasteiger partial charge < -0.3 is 15.2 Å². The molecule has 1 aromatic heterocycles. The topological polar surface area (TPSA) is 67.3 Å². The molecule has 0 radical (unpaired) electrons. The molecule has 0 aliphatic carbocycles. The highest BCUT2D eigenvalue weighted by atomic mass is 79.9. The van der Waals surface area contributed by atoms with Crippen LogP contribution in [-0.2, 0) is 0 Å². The maximum absolute atomic E-state index is 14.5. The van der Waals surface area contributed by atoms with E-state index in [-0.39, 0.29) is 44.0 Å². The molecule has 26 heavy (non-hydrogen) atoms. The third kappa shape index (κ3) is 4.85. The fourth-order valence-corrected chi connectivity index (χ4v) is 3.12. The minimum absolute atomic E-state index is 0.0288. The lowest BCUT2D eigenvalue weighted by Gasteiger charge is -2.17. The molecule has 1 unspecified atom stereocenters. The lowest BCUT2D eigenvalue weighted by Crippen LogP contribution is -2.31. The summed E-state index contributed by atoms with van der Waals surface area (Å²) in [5.74, 6) is -1.16. The first-order chi connectivity index (χ1) is 12.3. The first kappa shape index (κ1) is 21.3. The van der Waals surface area contributed by atoms with Gasteiger partial charge in [-0.2, -0.15) is 4.98 Å². The molecule has 0 bridgehead atoms. The van der Waals surface area contributed by atoms with Crippen LogP contribution in [0.5, 0.6) is 11.6 Å². The van der Waals surface area contributed by atoms with Crippen molar-refractivity contribution >= 4 is 50.2 Å². The minimum atomic E-state index is -2.44. The Balaban J connectivity index is 2.29. The standard InChI is InChI=1S/C15H16BrClF3N3O2S/c1-6(21-5-7(18)19)3-4-25-13-8-12(11(20)9(16)10(13)17)22-15(26-2)23-14(8)24/h6-7,21H,3-5H2,1-2H3,(H,22,23,24). The molecular formula is C15H16BrClF3N3O2S. The molecule has 2 rings (SSSR count). The molecule has 1 aromatic carbocycles. The van der Waals surface area contributed by atoms with Gasteiger partial charge in [0.15, 0.2) is 16.7 Å². The highest BCUT2D eigenvalue weighted by Gasteiger charge is 2.23. The van der Waals surface area contributed by atoms with Gasteiger partial charge in [-0.25, -0.2) is 18.2 Å². The predicted molar refractivity (Wildman–Crippen MR) is 99.2 cm³/mol. The highest BCUT2D eigenvalue weighted by Crippen LogP contribution is 2.44. The van der Waals surface area contributed by atoms with Crippen LogP contribution in [0.15, 0.2) is 9.63 Å². The van der Waals surface area contributed by atoms with E-state index in [4.69, 9.17) is 16.3 Å². The van der Waals surface area contributed by atoms with Crippen LogP contribution in [-0.4, -0.2) is 46.9 Å². The largest absolute Gasteiger partial charge is 0.493 e. The average molecular weight is 475 g/mol. The molecule has 5 nitrogen and oxygen atoms in total. The summed E-state index contributed by atoms with van der Waals surface area (Å²) in [5.41, 5.74) is -0.128. The predicted octanol–water partition coefficient (Wildman–Crippen LogP) is 4.62. The third-order valence-electron chi connectivity index (χ3n) is 3.49. The molecule has 0 fully saturated rings. The van der Waals surface area contributed by atoms with E-state index in [0.29, 0.717) is 6.42 Å². The minimum Gasteiger partial charge on any atom is -0.493 e. The summed E-state index contributed by atoms with van der Waals surface area (Å²) in [4.78, 5) is 7.94. The maximum atomic E-state index is 14.5. The van der Waals surface area contributed by atoms with E-state index in [1.54, 1.807) is 13.2 Å². The molecule has 144 valence electrons. The Morgan fingerprint density at radius 3 is 2.69 bits per heavy atom. The summed E-state index contributed by atoms with van der Waals surface area (Å²) < 4.78 is 44.5. The number of benzene rings is 1. The lowest BCUT2D eigenvalue weighted by molar-refractivity contribution is 0.140. The lowest BCUT2D eigenvalue weighted by atomic mass is 10.2.